The van der Waals surface area contributed by atoms with Crippen LogP contribution in [0, 0.1) is 6.92 Å². The highest BCUT2D eigenvalue weighted by atomic mass is 79.9. The van der Waals surface area contributed by atoms with E-state index in [0.717, 1.165) is 19.0 Å². The molecular formula is C13H9Br3N2O. The molecule has 0 saturated carbocycles. The van der Waals surface area contributed by atoms with Gasteiger partial charge >= 0.3 is 0 Å². The summed E-state index contributed by atoms with van der Waals surface area (Å²) in [7, 11) is 0. The molecule has 0 aliphatic rings. The first-order chi connectivity index (χ1) is 8.97. The van der Waals surface area contributed by atoms with E-state index in [1.165, 1.54) is 0 Å². The molecule has 1 aromatic carbocycles. The molecule has 0 atom stereocenters. The van der Waals surface area contributed by atoms with Crippen molar-refractivity contribution in [3.63, 3.8) is 0 Å². The SMILES string of the molecule is Cc1cc(Br)cnc1NC(=O)c1ccc(Br)cc1Br. The van der Waals surface area contributed by atoms with Crippen LogP contribution in [-0.2, 0) is 0 Å². The van der Waals surface area contributed by atoms with Crippen molar-refractivity contribution in [2.75, 3.05) is 5.32 Å². The number of aryl methyl sites for hydroxylation is 1. The summed E-state index contributed by atoms with van der Waals surface area (Å²) in [6.45, 7) is 1.89. The second-order valence-electron chi connectivity index (χ2n) is 3.90. The van der Waals surface area contributed by atoms with Gasteiger partial charge in [-0.1, -0.05) is 15.9 Å². The Balaban J connectivity index is 2.25. The lowest BCUT2D eigenvalue weighted by Crippen LogP contribution is -2.14. The van der Waals surface area contributed by atoms with E-state index < -0.39 is 0 Å². The molecule has 6 heteroatoms. The van der Waals surface area contributed by atoms with Crippen molar-refractivity contribution in [1.29, 1.82) is 0 Å². The summed E-state index contributed by atoms with van der Waals surface area (Å²) < 4.78 is 2.52. The molecular weight excluding hydrogens is 440 g/mol. The van der Waals surface area contributed by atoms with E-state index in [1.807, 2.05) is 25.1 Å². The summed E-state index contributed by atoms with van der Waals surface area (Å²) in [6, 6.07) is 7.30. The van der Waals surface area contributed by atoms with Crippen LogP contribution in [0.4, 0.5) is 5.82 Å². The van der Waals surface area contributed by atoms with Gasteiger partial charge in [-0.05, 0) is 68.6 Å². The predicted molar refractivity (Wildman–Crippen MR) is 86.5 cm³/mol. The molecule has 0 radical (unpaired) electrons. The zero-order valence-corrected chi connectivity index (χ0v) is 14.6. The second kappa shape index (κ2) is 6.15. The Bertz CT molecular complexity index is 644. The quantitative estimate of drug-likeness (QED) is 0.707. The minimum Gasteiger partial charge on any atom is -0.306 e. The molecule has 3 nitrogen and oxygen atoms in total. The first-order valence-electron chi connectivity index (χ1n) is 5.36. The highest BCUT2D eigenvalue weighted by Gasteiger charge is 2.12. The molecule has 1 aromatic heterocycles. The van der Waals surface area contributed by atoms with Crippen LogP contribution in [0.3, 0.4) is 0 Å². The normalized spacial score (nSPS) is 10.3. The highest BCUT2D eigenvalue weighted by molar-refractivity contribution is 9.11. The molecule has 1 heterocycles. The minimum absolute atomic E-state index is 0.197. The summed E-state index contributed by atoms with van der Waals surface area (Å²) in [6.07, 6.45) is 1.65. The number of aromatic nitrogens is 1. The van der Waals surface area contributed by atoms with Crippen molar-refractivity contribution in [1.82, 2.24) is 4.98 Å². The van der Waals surface area contributed by atoms with Crippen molar-refractivity contribution >= 4 is 59.5 Å². The maximum Gasteiger partial charge on any atom is 0.257 e. The van der Waals surface area contributed by atoms with Crippen molar-refractivity contribution < 1.29 is 4.79 Å². The Hall–Kier alpha value is -0.720. The third-order valence-corrected chi connectivity index (χ3v) is 4.04. The number of nitrogens with zero attached hydrogens (tertiary/aromatic N) is 1. The molecule has 0 aliphatic carbocycles. The van der Waals surface area contributed by atoms with Gasteiger partial charge in [-0.3, -0.25) is 4.79 Å². The van der Waals surface area contributed by atoms with E-state index in [4.69, 9.17) is 0 Å². The van der Waals surface area contributed by atoms with Gasteiger partial charge in [-0.25, -0.2) is 4.98 Å². The molecule has 98 valence electrons. The second-order valence-corrected chi connectivity index (χ2v) is 6.58. The van der Waals surface area contributed by atoms with Crippen LogP contribution in [0.1, 0.15) is 15.9 Å². The molecule has 0 unspecified atom stereocenters. The fourth-order valence-corrected chi connectivity index (χ4v) is 3.19. The lowest BCUT2D eigenvalue weighted by molar-refractivity contribution is 0.102. The Morgan fingerprint density at radius 3 is 2.53 bits per heavy atom. The highest BCUT2D eigenvalue weighted by Crippen LogP contribution is 2.23. The van der Waals surface area contributed by atoms with Crippen LogP contribution < -0.4 is 5.32 Å². The van der Waals surface area contributed by atoms with Gasteiger partial charge in [0.05, 0.1) is 5.56 Å². The van der Waals surface area contributed by atoms with Gasteiger partial charge in [0.15, 0.2) is 0 Å². The number of carbonyl (C=O) groups is 1. The van der Waals surface area contributed by atoms with E-state index in [1.54, 1.807) is 12.3 Å². The monoisotopic (exact) mass is 446 g/mol. The fraction of sp³-hybridized carbons (Fsp3) is 0.0769. The summed E-state index contributed by atoms with van der Waals surface area (Å²) in [5, 5.41) is 2.80. The maximum absolute atomic E-state index is 12.2. The first-order valence-corrected chi connectivity index (χ1v) is 7.74. The number of hydrogen-bond donors (Lipinski definition) is 1. The Morgan fingerprint density at radius 1 is 1.16 bits per heavy atom. The average molecular weight is 449 g/mol. The average Bonchev–Trinajstić information content (AvgIpc) is 2.32. The van der Waals surface area contributed by atoms with Crippen LogP contribution >= 0.6 is 47.8 Å². The summed E-state index contributed by atoms with van der Waals surface area (Å²) in [4.78, 5) is 16.4. The minimum atomic E-state index is -0.197. The number of hydrogen-bond acceptors (Lipinski definition) is 2. The van der Waals surface area contributed by atoms with Crippen LogP contribution in [0.25, 0.3) is 0 Å². The first kappa shape index (κ1) is 14.7. The molecule has 2 rings (SSSR count). The Labute approximate surface area is 136 Å². The summed E-state index contributed by atoms with van der Waals surface area (Å²) in [5.74, 6) is 0.361. The van der Waals surface area contributed by atoms with Crippen molar-refractivity contribution in [2.45, 2.75) is 6.92 Å². The molecule has 0 aliphatic heterocycles. The number of anilines is 1. The Kier molecular flexibility index (Phi) is 4.76. The smallest absolute Gasteiger partial charge is 0.257 e. The van der Waals surface area contributed by atoms with Gasteiger partial charge in [0.1, 0.15) is 5.82 Å². The number of amides is 1. The number of nitrogens with one attached hydrogen (secondary N) is 1. The maximum atomic E-state index is 12.2. The van der Waals surface area contributed by atoms with Crippen LogP contribution in [-0.4, -0.2) is 10.9 Å². The van der Waals surface area contributed by atoms with Crippen LogP contribution in [0.2, 0.25) is 0 Å². The van der Waals surface area contributed by atoms with Gasteiger partial charge in [0.25, 0.3) is 5.91 Å². The fourth-order valence-electron chi connectivity index (χ4n) is 1.52. The third kappa shape index (κ3) is 3.64. The van der Waals surface area contributed by atoms with E-state index in [-0.39, 0.29) is 5.91 Å². The topological polar surface area (TPSA) is 42.0 Å². The molecule has 0 bridgehead atoms. The van der Waals surface area contributed by atoms with Crippen molar-refractivity contribution in [3.05, 3.63) is 55.0 Å². The van der Waals surface area contributed by atoms with Crippen molar-refractivity contribution in [3.8, 4) is 0 Å². The standard InChI is InChI=1S/C13H9Br3N2O/c1-7-4-9(15)6-17-12(7)18-13(19)10-3-2-8(14)5-11(10)16/h2-6H,1H3,(H,17,18,19). The van der Waals surface area contributed by atoms with Crippen molar-refractivity contribution in [2.24, 2.45) is 0 Å². The lowest BCUT2D eigenvalue weighted by atomic mass is 10.2. The number of pyridine rings is 1. The molecule has 1 N–H and O–H groups in total. The molecule has 1 amide bonds. The van der Waals surface area contributed by atoms with Gasteiger partial charge in [0, 0.05) is 19.6 Å². The van der Waals surface area contributed by atoms with E-state index in [2.05, 4.69) is 58.1 Å². The zero-order chi connectivity index (χ0) is 14.0. The van der Waals surface area contributed by atoms with Crippen LogP contribution in [0.5, 0.6) is 0 Å². The van der Waals surface area contributed by atoms with Gasteiger partial charge in [0.2, 0.25) is 0 Å². The van der Waals surface area contributed by atoms with E-state index >= 15 is 0 Å². The summed E-state index contributed by atoms with van der Waals surface area (Å²) in [5.41, 5.74) is 1.46. The molecule has 19 heavy (non-hydrogen) atoms. The third-order valence-electron chi connectivity index (χ3n) is 2.45. The Morgan fingerprint density at radius 2 is 1.89 bits per heavy atom. The lowest BCUT2D eigenvalue weighted by Gasteiger charge is -2.09. The largest absolute Gasteiger partial charge is 0.306 e. The molecule has 0 saturated heterocycles. The van der Waals surface area contributed by atoms with Gasteiger partial charge in [-0.2, -0.15) is 0 Å². The van der Waals surface area contributed by atoms with E-state index in [9.17, 15) is 4.79 Å². The molecule has 0 spiro atoms. The summed E-state index contributed by atoms with van der Waals surface area (Å²) >= 11 is 10.1. The zero-order valence-electron chi connectivity index (χ0n) is 9.88. The van der Waals surface area contributed by atoms with Crippen LogP contribution in [0.15, 0.2) is 43.9 Å². The molecule has 0 fully saturated rings. The number of benzene rings is 1. The van der Waals surface area contributed by atoms with Gasteiger partial charge < -0.3 is 5.32 Å². The van der Waals surface area contributed by atoms with E-state index in [0.29, 0.717) is 11.4 Å². The number of carbonyl (C=O) groups excluding carboxylic acids is 1. The molecule has 2 aromatic rings. The number of rotatable bonds is 2. The number of halogens is 3. The van der Waals surface area contributed by atoms with Gasteiger partial charge in [-0.15, -0.1) is 0 Å². The predicted octanol–water partition coefficient (Wildman–Crippen LogP) is 4.93.